The van der Waals surface area contributed by atoms with Gasteiger partial charge in [-0.1, -0.05) is 19.1 Å². The van der Waals surface area contributed by atoms with Gasteiger partial charge in [-0.2, -0.15) is 0 Å². The highest BCUT2D eigenvalue weighted by atomic mass is 19.1. The van der Waals surface area contributed by atoms with Crippen molar-refractivity contribution in [3.05, 3.63) is 29.6 Å². The Hall–Kier alpha value is -1.13. The lowest BCUT2D eigenvalue weighted by molar-refractivity contribution is 0.120. The minimum Gasteiger partial charge on any atom is -0.494 e. The van der Waals surface area contributed by atoms with Crippen molar-refractivity contribution < 1.29 is 13.9 Å². The molecule has 16 heavy (non-hydrogen) atoms. The third-order valence-corrected chi connectivity index (χ3v) is 2.19. The third kappa shape index (κ3) is 3.79. The minimum atomic E-state index is -0.339. The molecule has 0 bridgehead atoms. The van der Waals surface area contributed by atoms with Crippen LogP contribution in [0.1, 0.15) is 12.5 Å². The third-order valence-electron chi connectivity index (χ3n) is 2.19. The summed E-state index contributed by atoms with van der Waals surface area (Å²) in [6, 6.07) is 5.05. The summed E-state index contributed by atoms with van der Waals surface area (Å²) in [6.07, 6.45) is 0. The first-order valence-corrected chi connectivity index (χ1v) is 5.39. The Morgan fingerprint density at radius 2 is 2.19 bits per heavy atom. The van der Waals surface area contributed by atoms with Crippen molar-refractivity contribution in [2.45, 2.75) is 13.5 Å². The van der Waals surface area contributed by atoms with E-state index in [4.69, 9.17) is 9.47 Å². The van der Waals surface area contributed by atoms with Crippen LogP contribution >= 0.6 is 0 Å². The number of methoxy groups -OCH3 is 1. The Balaban J connectivity index is 2.41. The van der Waals surface area contributed by atoms with Gasteiger partial charge in [0.25, 0.3) is 0 Å². The Bertz CT molecular complexity index is 318. The molecule has 0 atom stereocenters. The zero-order valence-corrected chi connectivity index (χ0v) is 9.75. The van der Waals surface area contributed by atoms with Crippen LogP contribution in [-0.2, 0) is 11.3 Å². The monoisotopic (exact) mass is 227 g/mol. The molecule has 1 aromatic rings. The van der Waals surface area contributed by atoms with Gasteiger partial charge in [-0.25, -0.2) is 4.39 Å². The standard InChI is InChI=1S/C12H18FNO2/c1-3-14-7-8-16-9-10-5-4-6-11(15-2)12(10)13/h4-6,14H,3,7-9H2,1-2H3. The normalized spacial score (nSPS) is 10.4. The lowest BCUT2D eigenvalue weighted by Gasteiger charge is -2.08. The smallest absolute Gasteiger partial charge is 0.170 e. The number of rotatable bonds is 7. The van der Waals surface area contributed by atoms with Crippen LogP contribution in [0.25, 0.3) is 0 Å². The summed E-state index contributed by atoms with van der Waals surface area (Å²) in [7, 11) is 1.45. The zero-order chi connectivity index (χ0) is 11.8. The van der Waals surface area contributed by atoms with Gasteiger partial charge in [0.2, 0.25) is 0 Å². The maximum absolute atomic E-state index is 13.6. The molecule has 0 amide bonds. The number of ether oxygens (including phenoxy) is 2. The summed E-state index contributed by atoms with van der Waals surface area (Å²) in [5.74, 6) is -0.0822. The van der Waals surface area contributed by atoms with E-state index in [1.807, 2.05) is 6.92 Å². The number of hydrogen-bond acceptors (Lipinski definition) is 3. The number of benzene rings is 1. The zero-order valence-electron chi connectivity index (χ0n) is 9.75. The molecule has 0 aliphatic heterocycles. The minimum absolute atomic E-state index is 0.257. The molecule has 0 aliphatic carbocycles. The molecular formula is C12H18FNO2. The largest absolute Gasteiger partial charge is 0.494 e. The van der Waals surface area contributed by atoms with Crippen molar-refractivity contribution >= 4 is 0 Å². The lowest BCUT2D eigenvalue weighted by atomic mass is 10.2. The molecule has 1 N–H and O–H groups in total. The van der Waals surface area contributed by atoms with Crippen molar-refractivity contribution in [1.29, 1.82) is 0 Å². The van der Waals surface area contributed by atoms with E-state index in [0.717, 1.165) is 13.1 Å². The fraction of sp³-hybridized carbons (Fsp3) is 0.500. The van der Waals surface area contributed by atoms with E-state index in [0.29, 0.717) is 12.2 Å². The molecule has 0 saturated carbocycles. The lowest BCUT2D eigenvalue weighted by Crippen LogP contribution is -2.18. The van der Waals surface area contributed by atoms with Gasteiger partial charge in [0, 0.05) is 12.1 Å². The Labute approximate surface area is 95.6 Å². The molecular weight excluding hydrogens is 209 g/mol. The highest BCUT2D eigenvalue weighted by Crippen LogP contribution is 2.20. The second-order valence-electron chi connectivity index (χ2n) is 3.34. The van der Waals surface area contributed by atoms with Gasteiger partial charge in [-0.05, 0) is 12.6 Å². The van der Waals surface area contributed by atoms with Gasteiger partial charge in [0.05, 0.1) is 20.3 Å². The van der Waals surface area contributed by atoms with Crippen molar-refractivity contribution in [3.63, 3.8) is 0 Å². The maximum Gasteiger partial charge on any atom is 0.170 e. The first kappa shape index (κ1) is 12.9. The van der Waals surface area contributed by atoms with E-state index in [2.05, 4.69) is 5.32 Å². The Morgan fingerprint density at radius 1 is 1.38 bits per heavy atom. The van der Waals surface area contributed by atoms with Crippen LogP contribution < -0.4 is 10.1 Å². The fourth-order valence-electron chi connectivity index (χ4n) is 1.33. The molecule has 0 unspecified atom stereocenters. The molecule has 0 saturated heterocycles. The second-order valence-corrected chi connectivity index (χ2v) is 3.34. The highest BCUT2D eigenvalue weighted by Gasteiger charge is 2.07. The van der Waals surface area contributed by atoms with E-state index >= 15 is 0 Å². The van der Waals surface area contributed by atoms with E-state index < -0.39 is 0 Å². The predicted molar refractivity (Wildman–Crippen MR) is 61.2 cm³/mol. The summed E-state index contributed by atoms with van der Waals surface area (Å²) in [6.45, 7) is 4.57. The molecule has 90 valence electrons. The number of nitrogens with one attached hydrogen (secondary N) is 1. The van der Waals surface area contributed by atoms with E-state index in [1.54, 1.807) is 18.2 Å². The van der Waals surface area contributed by atoms with Crippen LogP contribution in [-0.4, -0.2) is 26.8 Å². The van der Waals surface area contributed by atoms with Crippen molar-refractivity contribution in [2.24, 2.45) is 0 Å². The molecule has 0 aromatic heterocycles. The molecule has 0 spiro atoms. The first-order chi connectivity index (χ1) is 7.79. The van der Waals surface area contributed by atoms with Crippen LogP contribution in [0.3, 0.4) is 0 Å². The van der Waals surface area contributed by atoms with E-state index in [1.165, 1.54) is 7.11 Å². The Kier molecular flexibility index (Phi) is 5.82. The molecule has 4 heteroatoms. The quantitative estimate of drug-likeness (QED) is 0.722. The van der Waals surface area contributed by atoms with Crippen molar-refractivity contribution in [2.75, 3.05) is 26.8 Å². The molecule has 1 rings (SSSR count). The maximum atomic E-state index is 13.6. The van der Waals surface area contributed by atoms with Gasteiger partial charge in [0.1, 0.15) is 0 Å². The summed E-state index contributed by atoms with van der Waals surface area (Å²) in [4.78, 5) is 0. The highest BCUT2D eigenvalue weighted by molar-refractivity contribution is 5.30. The number of likely N-dealkylation sites (N-methyl/N-ethyl adjacent to an activating group) is 1. The van der Waals surface area contributed by atoms with Crippen LogP contribution in [0.4, 0.5) is 4.39 Å². The molecule has 0 heterocycles. The van der Waals surface area contributed by atoms with E-state index in [-0.39, 0.29) is 18.2 Å². The summed E-state index contributed by atoms with van der Waals surface area (Å²) in [5.41, 5.74) is 0.524. The van der Waals surface area contributed by atoms with Crippen LogP contribution in [0.2, 0.25) is 0 Å². The van der Waals surface area contributed by atoms with Crippen LogP contribution in [0.5, 0.6) is 5.75 Å². The van der Waals surface area contributed by atoms with Crippen molar-refractivity contribution in [1.82, 2.24) is 5.32 Å². The SMILES string of the molecule is CCNCCOCc1cccc(OC)c1F. The average molecular weight is 227 g/mol. The van der Waals surface area contributed by atoms with Crippen molar-refractivity contribution in [3.8, 4) is 5.75 Å². The average Bonchev–Trinajstić information content (AvgIpc) is 2.31. The summed E-state index contributed by atoms with van der Waals surface area (Å²) < 4.78 is 23.9. The topological polar surface area (TPSA) is 30.5 Å². The van der Waals surface area contributed by atoms with Crippen LogP contribution in [0, 0.1) is 5.82 Å². The Morgan fingerprint density at radius 3 is 2.88 bits per heavy atom. The van der Waals surface area contributed by atoms with Gasteiger partial charge < -0.3 is 14.8 Å². The molecule has 3 nitrogen and oxygen atoms in total. The first-order valence-electron chi connectivity index (χ1n) is 5.39. The van der Waals surface area contributed by atoms with Gasteiger partial charge in [-0.3, -0.25) is 0 Å². The molecule has 0 radical (unpaired) electrons. The fourth-order valence-corrected chi connectivity index (χ4v) is 1.33. The van der Waals surface area contributed by atoms with Gasteiger partial charge >= 0.3 is 0 Å². The number of hydrogen-bond donors (Lipinski definition) is 1. The van der Waals surface area contributed by atoms with E-state index in [9.17, 15) is 4.39 Å². The molecule has 0 fully saturated rings. The molecule has 1 aromatic carbocycles. The van der Waals surface area contributed by atoms with Gasteiger partial charge in [0.15, 0.2) is 11.6 Å². The summed E-state index contributed by atoms with van der Waals surface area (Å²) >= 11 is 0. The number of halogens is 1. The van der Waals surface area contributed by atoms with Gasteiger partial charge in [-0.15, -0.1) is 0 Å². The summed E-state index contributed by atoms with van der Waals surface area (Å²) in [5, 5.41) is 3.13. The van der Waals surface area contributed by atoms with Crippen LogP contribution in [0.15, 0.2) is 18.2 Å². The molecule has 0 aliphatic rings. The second kappa shape index (κ2) is 7.19. The predicted octanol–water partition coefficient (Wildman–Crippen LogP) is 1.96.